The monoisotopic (exact) mass is 352 g/mol. The van der Waals surface area contributed by atoms with Crippen LogP contribution in [0, 0.1) is 0 Å². The zero-order valence-electron chi connectivity index (χ0n) is 14.1. The molecule has 7 nitrogen and oxygen atoms in total. The lowest BCUT2D eigenvalue weighted by Crippen LogP contribution is -2.25. The van der Waals surface area contributed by atoms with E-state index < -0.39 is 11.6 Å². The van der Waals surface area contributed by atoms with Gasteiger partial charge in [-0.25, -0.2) is 14.4 Å². The molecule has 26 heavy (non-hydrogen) atoms. The Hall–Kier alpha value is -3.29. The first-order chi connectivity index (χ1) is 12.5. The van der Waals surface area contributed by atoms with Gasteiger partial charge < -0.3 is 10.6 Å². The van der Waals surface area contributed by atoms with Crippen molar-refractivity contribution in [3.05, 3.63) is 48.9 Å². The van der Waals surface area contributed by atoms with E-state index in [4.69, 9.17) is 0 Å². The molecule has 2 heterocycles. The summed E-state index contributed by atoms with van der Waals surface area (Å²) in [5, 5.41) is 9.78. The molecule has 0 unspecified atom stereocenters. The number of carbonyl (C=O) groups excluding carboxylic acids is 1. The van der Waals surface area contributed by atoms with Gasteiger partial charge in [-0.2, -0.15) is 5.10 Å². The van der Waals surface area contributed by atoms with Crippen LogP contribution in [0.3, 0.4) is 0 Å². The molecule has 2 N–H and O–H groups in total. The van der Waals surface area contributed by atoms with E-state index in [2.05, 4.69) is 25.7 Å². The van der Waals surface area contributed by atoms with Crippen LogP contribution in [0.15, 0.2) is 48.9 Å². The minimum absolute atomic E-state index is 0.296. The van der Waals surface area contributed by atoms with Crippen molar-refractivity contribution in [3.63, 3.8) is 0 Å². The number of hydrogen-bond acceptors (Lipinski definition) is 5. The lowest BCUT2D eigenvalue weighted by atomic mass is 10.1. The Bertz CT molecular complexity index is 948. The molecule has 1 fully saturated rings. The molecule has 1 aliphatic carbocycles. The average molecular weight is 352 g/mol. The topological polar surface area (TPSA) is 84.7 Å². The van der Waals surface area contributed by atoms with Gasteiger partial charge in [0.1, 0.15) is 0 Å². The number of alkyl halides is 1. The van der Waals surface area contributed by atoms with Crippen LogP contribution in [0.1, 0.15) is 12.8 Å². The van der Waals surface area contributed by atoms with Crippen LogP contribution in [0.2, 0.25) is 0 Å². The molecular formula is C18H17FN6O. The van der Waals surface area contributed by atoms with Crippen LogP contribution in [0.4, 0.5) is 21.7 Å². The second-order valence-corrected chi connectivity index (χ2v) is 6.29. The van der Waals surface area contributed by atoms with E-state index in [1.54, 1.807) is 35.3 Å². The van der Waals surface area contributed by atoms with E-state index in [0.29, 0.717) is 24.5 Å². The summed E-state index contributed by atoms with van der Waals surface area (Å²) >= 11 is 0. The Morgan fingerprint density at radius 1 is 1.19 bits per heavy atom. The Labute approximate surface area is 149 Å². The van der Waals surface area contributed by atoms with E-state index in [9.17, 15) is 9.18 Å². The number of hydrogen-bond donors (Lipinski definition) is 2. The van der Waals surface area contributed by atoms with Crippen LogP contribution in [-0.2, 0) is 11.8 Å². The smallest absolute Gasteiger partial charge is 0.262 e. The molecule has 1 aliphatic rings. The lowest BCUT2D eigenvalue weighted by molar-refractivity contribution is -0.122. The quantitative estimate of drug-likeness (QED) is 0.737. The Balaban J connectivity index is 1.48. The Morgan fingerprint density at radius 2 is 1.96 bits per heavy atom. The molecule has 0 saturated heterocycles. The van der Waals surface area contributed by atoms with Gasteiger partial charge in [-0.3, -0.25) is 9.48 Å². The van der Waals surface area contributed by atoms with Crippen molar-refractivity contribution in [2.24, 2.45) is 7.05 Å². The molecule has 8 heteroatoms. The highest BCUT2D eigenvalue weighted by Gasteiger charge is 2.50. The van der Waals surface area contributed by atoms with Gasteiger partial charge in [0.15, 0.2) is 5.67 Å². The molecule has 2 aromatic heterocycles. The normalized spacial score (nSPS) is 14.7. The zero-order valence-corrected chi connectivity index (χ0v) is 14.1. The van der Waals surface area contributed by atoms with E-state index in [1.807, 2.05) is 25.4 Å². The molecule has 0 bridgehead atoms. The molecule has 4 rings (SSSR count). The average Bonchev–Trinajstić information content (AvgIpc) is 3.27. The third-order valence-electron chi connectivity index (χ3n) is 4.15. The number of anilines is 3. The van der Waals surface area contributed by atoms with E-state index in [0.717, 1.165) is 16.9 Å². The van der Waals surface area contributed by atoms with E-state index in [1.165, 1.54) is 0 Å². The van der Waals surface area contributed by atoms with Gasteiger partial charge in [-0.15, -0.1) is 0 Å². The standard InChI is InChI=1S/C18H17FN6O/c1-25-11-14(10-21-25)23-17-20-9-6-15(24-17)12-2-4-13(5-3-12)22-16(26)18(19)7-8-18/h2-6,9-11H,7-8H2,1H3,(H,22,26)(H,20,23,24). The first kappa shape index (κ1) is 16.2. The maximum absolute atomic E-state index is 13.7. The number of rotatable bonds is 5. The number of nitrogens with one attached hydrogen (secondary N) is 2. The first-order valence-electron chi connectivity index (χ1n) is 8.21. The maximum Gasteiger partial charge on any atom is 0.262 e. The minimum atomic E-state index is -1.68. The molecule has 132 valence electrons. The van der Waals surface area contributed by atoms with Gasteiger partial charge in [0.05, 0.1) is 17.6 Å². The number of aryl methyl sites for hydroxylation is 1. The molecule has 1 saturated carbocycles. The SMILES string of the molecule is Cn1cc(Nc2nccc(-c3ccc(NC(=O)C4(F)CC4)cc3)n2)cn1. The van der Waals surface area contributed by atoms with E-state index >= 15 is 0 Å². The minimum Gasteiger partial charge on any atom is -0.323 e. The number of aromatic nitrogens is 4. The maximum atomic E-state index is 13.7. The van der Waals surface area contributed by atoms with Crippen LogP contribution in [0.5, 0.6) is 0 Å². The summed E-state index contributed by atoms with van der Waals surface area (Å²) in [6.07, 6.45) is 5.77. The summed E-state index contributed by atoms with van der Waals surface area (Å²) in [5.41, 5.74) is 1.26. The lowest BCUT2D eigenvalue weighted by Gasteiger charge is -2.09. The number of carbonyl (C=O) groups is 1. The molecular weight excluding hydrogens is 335 g/mol. The predicted octanol–water partition coefficient (Wildman–Crippen LogP) is 3.06. The predicted molar refractivity (Wildman–Crippen MR) is 95.7 cm³/mol. The summed E-state index contributed by atoms with van der Waals surface area (Å²) in [4.78, 5) is 20.4. The third kappa shape index (κ3) is 3.39. The van der Waals surface area contributed by atoms with Gasteiger partial charge in [0, 0.05) is 30.7 Å². The van der Waals surface area contributed by atoms with Crippen LogP contribution in [-0.4, -0.2) is 31.3 Å². The molecule has 1 aromatic carbocycles. The van der Waals surface area contributed by atoms with Crippen molar-refractivity contribution < 1.29 is 9.18 Å². The van der Waals surface area contributed by atoms with Crippen molar-refractivity contribution in [1.82, 2.24) is 19.7 Å². The van der Waals surface area contributed by atoms with Crippen molar-refractivity contribution in [2.75, 3.05) is 10.6 Å². The molecule has 1 amide bonds. The number of nitrogens with zero attached hydrogens (tertiary/aromatic N) is 4. The van der Waals surface area contributed by atoms with Gasteiger partial charge >= 0.3 is 0 Å². The molecule has 0 spiro atoms. The number of benzene rings is 1. The summed E-state index contributed by atoms with van der Waals surface area (Å²) < 4.78 is 15.4. The second kappa shape index (κ2) is 6.21. The van der Waals surface area contributed by atoms with Gasteiger partial charge in [0.2, 0.25) is 5.95 Å². The van der Waals surface area contributed by atoms with E-state index in [-0.39, 0.29) is 0 Å². The zero-order chi connectivity index (χ0) is 18.1. The summed E-state index contributed by atoms with van der Waals surface area (Å²) in [6, 6.07) is 8.90. The highest BCUT2D eigenvalue weighted by Crippen LogP contribution is 2.40. The highest BCUT2D eigenvalue weighted by molar-refractivity contribution is 5.99. The summed E-state index contributed by atoms with van der Waals surface area (Å²) in [5.74, 6) is -0.115. The highest BCUT2D eigenvalue weighted by atomic mass is 19.1. The van der Waals surface area contributed by atoms with Crippen molar-refractivity contribution in [2.45, 2.75) is 18.5 Å². The van der Waals surface area contributed by atoms with Crippen LogP contribution < -0.4 is 10.6 Å². The third-order valence-corrected chi connectivity index (χ3v) is 4.15. The van der Waals surface area contributed by atoms with Crippen LogP contribution >= 0.6 is 0 Å². The van der Waals surface area contributed by atoms with Crippen molar-refractivity contribution in [3.8, 4) is 11.3 Å². The fraction of sp³-hybridized carbons (Fsp3) is 0.222. The Kier molecular flexibility index (Phi) is 3.87. The van der Waals surface area contributed by atoms with Crippen LogP contribution in [0.25, 0.3) is 11.3 Å². The summed E-state index contributed by atoms with van der Waals surface area (Å²) in [6.45, 7) is 0. The van der Waals surface area contributed by atoms with Gasteiger partial charge in [0.25, 0.3) is 5.91 Å². The fourth-order valence-corrected chi connectivity index (χ4v) is 2.50. The molecule has 0 radical (unpaired) electrons. The Morgan fingerprint density at radius 3 is 2.62 bits per heavy atom. The molecule has 0 atom stereocenters. The molecule has 3 aromatic rings. The fourth-order valence-electron chi connectivity index (χ4n) is 2.50. The second-order valence-electron chi connectivity index (χ2n) is 6.29. The molecule has 0 aliphatic heterocycles. The number of amides is 1. The van der Waals surface area contributed by atoms with Crippen molar-refractivity contribution in [1.29, 1.82) is 0 Å². The van der Waals surface area contributed by atoms with Crippen molar-refractivity contribution >= 4 is 23.2 Å². The number of halogens is 1. The summed E-state index contributed by atoms with van der Waals surface area (Å²) in [7, 11) is 1.83. The van der Waals surface area contributed by atoms with Gasteiger partial charge in [-0.1, -0.05) is 12.1 Å². The van der Waals surface area contributed by atoms with Gasteiger partial charge in [-0.05, 0) is 31.0 Å². The first-order valence-corrected chi connectivity index (χ1v) is 8.21. The largest absolute Gasteiger partial charge is 0.323 e.